The summed E-state index contributed by atoms with van der Waals surface area (Å²) in [5, 5.41) is 8.94. The maximum atomic E-state index is 12.8. The van der Waals surface area contributed by atoms with E-state index in [9.17, 15) is 9.59 Å². The van der Waals surface area contributed by atoms with E-state index in [0.717, 1.165) is 12.8 Å². The molecule has 0 saturated carbocycles. The third-order valence-electron chi connectivity index (χ3n) is 4.66. The third-order valence-corrected chi connectivity index (χ3v) is 4.66. The van der Waals surface area contributed by atoms with Crippen molar-refractivity contribution < 1.29 is 24.2 Å². The molecular formula is C17H21NO5. The third kappa shape index (κ3) is 3.54. The summed E-state index contributed by atoms with van der Waals surface area (Å²) < 4.78 is 11.2. The van der Waals surface area contributed by atoms with Crippen molar-refractivity contribution >= 4 is 11.9 Å². The molecule has 2 aliphatic rings. The number of carboxylic acids is 1. The normalized spacial score (nSPS) is 21.0. The van der Waals surface area contributed by atoms with E-state index in [2.05, 4.69) is 0 Å². The van der Waals surface area contributed by atoms with Gasteiger partial charge in [0.2, 0.25) is 0 Å². The van der Waals surface area contributed by atoms with Crippen LogP contribution >= 0.6 is 0 Å². The topological polar surface area (TPSA) is 76.1 Å². The smallest absolute Gasteiger partial charge is 0.335 e. The van der Waals surface area contributed by atoms with E-state index in [-0.39, 0.29) is 16.9 Å². The van der Waals surface area contributed by atoms with Crippen LogP contribution in [0.15, 0.2) is 24.3 Å². The molecule has 6 nitrogen and oxygen atoms in total. The first-order chi connectivity index (χ1) is 11.1. The Kier molecular flexibility index (Phi) is 4.63. The number of hydrogen-bond donors (Lipinski definition) is 1. The Morgan fingerprint density at radius 3 is 2.30 bits per heavy atom. The number of carbonyl (C=O) groups is 2. The Morgan fingerprint density at radius 2 is 1.65 bits per heavy atom. The fourth-order valence-corrected chi connectivity index (χ4v) is 3.21. The fraction of sp³-hybridized carbons (Fsp3) is 0.529. The molecule has 2 heterocycles. The van der Waals surface area contributed by atoms with E-state index >= 15 is 0 Å². The lowest BCUT2D eigenvalue weighted by atomic mass is 9.80. The van der Waals surface area contributed by atoms with Crippen LogP contribution in [0.4, 0.5) is 0 Å². The molecule has 124 valence electrons. The predicted octanol–water partition coefficient (Wildman–Crippen LogP) is 1.65. The van der Waals surface area contributed by atoms with Crippen molar-refractivity contribution in [2.75, 3.05) is 39.5 Å². The molecule has 2 saturated heterocycles. The summed E-state index contributed by atoms with van der Waals surface area (Å²) in [5.74, 6) is -1.06. The molecule has 3 rings (SSSR count). The molecule has 1 aromatic carbocycles. The van der Waals surface area contributed by atoms with Crippen LogP contribution in [0, 0.1) is 5.41 Å². The first-order valence-corrected chi connectivity index (χ1v) is 7.88. The Labute approximate surface area is 135 Å². The van der Waals surface area contributed by atoms with Gasteiger partial charge >= 0.3 is 5.97 Å². The molecule has 0 atom stereocenters. The number of aromatic carboxylic acids is 1. The summed E-state index contributed by atoms with van der Waals surface area (Å²) in [4.78, 5) is 25.5. The van der Waals surface area contributed by atoms with Crippen molar-refractivity contribution in [3.05, 3.63) is 35.4 Å². The van der Waals surface area contributed by atoms with E-state index in [1.807, 2.05) is 4.90 Å². The highest BCUT2D eigenvalue weighted by atomic mass is 16.5. The number of carbonyl (C=O) groups excluding carboxylic acids is 1. The molecule has 0 aliphatic carbocycles. The minimum absolute atomic E-state index is 0.0224. The van der Waals surface area contributed by atoms with Gasteiger partial charge in [-0.1, -0.05) is 0 Å². The lowest BCUT2D eigenvalue weighted by molar-refractivity contribution is -0.0304. The second-order valence-electron chi connectivity index (χ2n) is 6.27. The number of hydrogen-bond acceptors (Lipinski definition) is 4. The van der Waals surface area contributed by atoms with Crippen LogP contribution in [0.2, 0.25) is 0 Å². The van der Waals surface area contributed by atoms with Gasteiger partial charge in [-0.25, -0.2) is 4.79 Å². The zero-order valence-corrected chi connectivity index (χ0v) is 13.0. The van der Waals surface area contributed by atoms with Gasteiger partial charge in [-0.15, -0.1) is 0 Å². The maximum Gasteiger partial charge on any atom is 0.335 e. The maximum absolute atomic E-state index is 12.8. The number of benzene rings is 1. The SMILES string of the molecule is O=C(O)c1ccc(C(=O)N2CCOCC3(CCOCC3)C2)cc1. The molecule has 23 heavy (non-hydrogen) atoms. The Bertz CT molecular complexity index is 577. The van der Waals surface area contributed by atoms with Gasteiger partial charge in [-0.2, -0.15) is 0 Å². The average Bonchev–Trinajstić information content (AvgIpc) is 2.78. The van der Waals surface area contributed by atoms with Crippen LogP contribution in [-0.2, 0) is 9.47 Å². The van der Waals surface area contributed by atoms with E-state index in [4.69, 9.17) is 14.6 Å². The van der Waals surface area contributed by atoms with Gasteiger partial charge in [0.1, 0.15) is 0 Å². The first-order valence-electron chi connectivity index (χ1n) is 7.88. The first kappa shape index (κ1) is 16.0. The predicted molar refractivity (Wildman–Crippen MR) is 82.6 cm³/mol. The quantitative estimate of drug-likeness (QED) is 0.897. The molecule has 1 amide bonds. The minimum atomic E-state index is -0.992. The van der Waals surface area contributed by atoms with Crippen molar-refractivity contribution in [1.29, 1.82) is 0 Å². The van der Waals surface area contributed by atoms with Crippen LogP contribution < -0.4 is 0 Å². The van der Waals surface area contributed by atoms with Gasteiger partial charge < -0.3 is 19.5 Å². The lowest BCUT2D eigenvalue weighted by Crippen LogP contribution is -2.44. The summed E-state index contributed by atoms with van der Waals surface area (Å²) in [6, 6.07) is 6.09. The molecule has 0 aromatic heterocycles. The molecule has 0 bridgehead atoms. The summed E-state index contributed by atoms with van der Waals surface area (Å²) in [6.45, 7) is 3.83. The minimum Gasteiger partial charge on any atom is -0.478 e. The summed E-state index contributed by atoms with van der Waals surface area (Å²) >= 11 is 0. The molecule has 6 heteroatoms. The largest absolute Gasteiger partial charge is 0.478 e. The van der Waals surface area contributed by atoms with Gasteiger partial charge in [0.05, 0.1) is 18.8 Å². The zero-order valence-electron chi connectivity index (χ0n) is 13.0. The highest BCUT2D eigenvalue weighted by molar-refractivity contribution is 5.96. The average molecular weight is 319 g/mol. The Morgan fingerprint density at radius 1 is 1.00 bits per heavy atom. The highest BCUT2D eigenvalue weighted by Crippen LogP contribution is 2.33. The molecule has 0 unspecified atom stereocenters. The second kappa shape index (κ2) is 6.68. The van der Waals surface area contributed by atoms with Crippen molar-refractivity contribution in [2.24, 2.45) is 5.41 Å². The summed E-state index contributed by atoms with van der Waals surface area (Å²) in [5.41, 5.74) is 0.673. The van der Waals surface area contributed by atoms with Gasteiger partial charge in [-0.3, -0.25) is 4.79 Å². The van der Waals surface area contributed by atoms with Crippen molar-refractivity contribution in [3.63, 3.8) is 0 Å². The molecule has 1 aromatic rings. The molecular weight excluding hydrogens is 298 g/mol. The van der Waals surface area contributed by atoms with Gasteiger partial charge in [-0.05, 0) is 37.1 Å². The van der Waals surface area contributed by atoms with Crippen molar-refractivity contribution in [1.82, 2.24) is 4.90 Å². The molecule has 0 radical (unpaired) electrons. The van der Waals surface area contributed by atoms with Gasteiger partial charge in [0.25, 0.3) is 5.91 Å². The number of ether oxygens (including phenoxy) is 2. The second-order valence-corrected chi connectivity index (χ2v) is 6.27. The van der Waals surface area contributed by atoms with E-state index < -0.39 is 5.97 Å². The van der Waals surface area contributed by atoms with Crippen LogP contribution in [-0.4, -0.2) is 61.4 Å². The molecule has 2 aliphatic heterocycles. The monoisotopic (exact) mass is 319 g/mol. The zero-order chi connectivity index (χ0) is 16.3. The van der Waals surface area contributed by atoms with E-state index in [1.165, 1.54) is 12.1 Å². The fourth-order valence-electron chi connectivity index (χ4n) is 3.21. The van der Waals surface area contributed by atoms with Crippen molar-refractivity contribution in [2.45, 2.75) is 12.8 Å². The van der Waals surface area contributed by atoms with Crippen LogP contribution in [0.5, 0.6) is 0 Å². The van der Waals surface area contributed by atoms with Gasteiger partial charge in [0.15, 0.2) is 0 Å². The van der Waals surface area contributed by atoms with Gasteiger partial charge in [0, 0.05) is 37.3 Å². The number of nitrogens with zero attached hydrogens (tertiary/aromatic N) is 1. The van der Waals surface area contributed by atoms with Crippen LogP contribution in [0.25, 0.3) is 0 Å². The molecule has 2 fully saturated rings. The van der Waals surface area contributed by atoms with Crippen molar-refractivity contribution in [3.8, 4) is 0 Å². The lowest BCUT2D eigenvalue weighted by Gasteiger charge is -2.38. The number of rotatable bonds is 2. The summed E-state index contributed by atoms with van der Waals surface area (Å²) in [7, 11) is 0. The number of carboxylic acid groups (broad SMARTS) is 1. The summed E-state index contributed by atoms with van der Waals surface area (Å²) in [6.07, 6.45) is 1.80. The van der Waals surface area contributed by atoms with Crippen LogP contribution in [0.3, 0.4) is 0 Å². The van der Waals surface area contributed by atoms with Crippen LogP contribution in [0.1, 0.15) is 33.6 Å². The number of amides is 1. The van der Waals surface area contributed by atoms with E-state index in [0.29, 0.717) is 45.1 Å². The Balaban J connectivity index is 1.75. The van der Waals surface area contributed by atoms with E-state index in [1.54, 1.807) is 12.1 Å². The molecule has 1 N–H and O–H groups in total. The standard InChI is InChI=1S/C17H21NO5/c19-15(13-1-3-14(4-2-13)16(20)21)18-7-10-23-12-17(11-18)5-8-22-9-6-17/h1-4H,5-12H2,(H,20,21). The molecule has 1 spiro atoms. The Hall–Kier alpha value is -1.92. The highest BCUT2D eigenvalue weighted by Gasteiger charge is 2.38.